The first-order chi connectivity index (χ1) is 14.0. The fraction of sp³-hybridized carbons (Fsp3) is 0.136. The topological polar surface area (TPSA) is 71.5 Å². The highest BCUT2D eigenvalue weighted by Crippen LogP contribution is 2.32. The number of rotatable bonds is 5. The van der Waals surface area contributed by atoms with Crippen LogP contribution in [0.4, 0.5) is 5.13 Å². The lowest BCUT2D eigenvalue weighted by atomic mass is 10.1. The summed E-state index contributed by atoms with van der Waals surface area (Å²) in [4.78, 5) is 30.7. The first-order valence-electron chi connectivity index (χ1n) is 9.04. The molecule has 2 amide bonds. The summed E-state index contributed by atoms with van der Waals surface area (Å²) in [6, 6.07) is 18.9. The molecule has 0 aliphatic heterocycles. The number of likely N-dealkylation sites (N-methyl/N-ethyl adjacent to an activating group) is 1. The van der Waals surface area contributed by atoms with Crippen molar-refractivity contribution in [2.75, 3.05) is 26.0 Å². The molecule has 1 N–H and O–H groups in total. The number of hydrogen-bond acceptors (Lipinski definition) is 5. The fourth-order valence-corrected chi connectivity index (χ4v) is 3.81. The minimum absolute atomic E-state index is 0.135. The van der Waals surface area contributed by atoms with Crippen molar-refractivity contribution in [3.05, 3.63) is 66.2 Å². The zero-order valence-corrected chi connectivity index (χ0v) is 16.8. The number of nitrogens with zero attached hydrogens (tertiary/aromatic N) is 2. The molecule has 3 aromatic carbocycles. The Labute approximate surface area is 171 Å². The standard InChI is InChI=1S/C22H19N3O3S/c1-25(2)19(26)13-28-17-10-6-5-9-16(17)21(27)24-22-23-20-15-8-4-3-7-14(15)11-12-18(20)29-22/h3-12H,13H2,1-2H3,(H,23,24,27). The van der Waals surface area contributed by atoms with Crippen LogP contribution in [0.5, 0.6) is 5.75 Å². The third-order valence-electron chi connectivity index (χ3n) is 4.49. The smallest absolute Gasteiger partial charge is 0.261 e. The molecule has 4 rings (SSSR count). The fourth-order valence-electron chi connectivity index (χ4n) is 2.93. The van der Waals surface area contributed by atoms with Gasteiger partial charge in [-0.15, -0.1) is 0 Å². The molecule has 6 nitrogen and oxygen atoms in total. The first-order valence-corrected chi connectivity index (χ1v) is 9.86. The summed E-state index contributed by atoms with van der Waals surface area (Å²) in [5.41, 5.74) is 1.22. The number of carbonyl (C=O) groups excluding carboxylic acids is 2. The summed E-state index contributed by atoms with van der Waals surface area (Å²) in [5, 5.41) is 5.52. The van der Waals surface area contributed by atoms with Crippen molar-refractivity contribution in [2.24, 2.45) is 0 Å². The van der Waals surface area contributed by atoms with Crippen molar-refractivity contribution >= 4 is 49.3 Å². The van der Waals surface area contributed by atoms with Gasteiger partial charge in [0.2, 0.25) is 0 Å². The number of ether oxygens (including phenoxy) is 1. The first kappa shape index (κ1) is 18.9. The van der Waals surface area contributed by atoms with Gasteiger partial charge in [0.15, 0.2) is 11.7 Å². The molecule has 0 aliphatic rings. The summed E-state index contributed by atoms with van der Waals surface area (Å²) in [7, 11) is 3.31. The van der Waals surface area contributed by atoms with E-state index in [1.165, 1.54) is 16.2 Å². The Balaban J connectivity index is 1.58. The molecule has 0 spiro atoms. The number of anilines is 1. The monoisotopic (exact) mass is 405 g/mol. The molecule has 0 radical (unpaired) electrons. The van der Waals surface area contributed by atoms with E-state index >= 15 is 0 Å². The molecule has 4 aromatic rings. The van der Waals surface area contributed by atoms with Gasteiger partial charge in [-0.3, -0.25) is 14.9 Å². The molecule has 29 heavy (non-hydrogen) atoms. The van der Waals surface area contributed by atoms with Crippen molar-refractivity contribution < 1.29 is 14.3 Å². The van der Waals surface area contributed by atoms with Crippen LogP contribution in [-0.4, -0.2) is 42.4 Å². The quantitative estimate of drug-likeness (QED) is 0.541. The van der Waals surface area contributed by atoms with E-state index in [0.717, 1.165) is 21.0 Å². The van der Waals surface area contributed by atoms with Gasteiger partial charge in [0.05, 0.1) is 15.8 Å². The number of fused-ring (bicyclic) bond motifs is 3. The van der Waals surface area contributed by atoms with Crippen molar-refractivity contribution in [1.29, 1.82) is 0 Å². The van der Waals surface area contributed by atoms with E-state index in [1.54, 1.807) is 38.4 Å². The summed E-state index contributed by atoms with van der Waals surface area (Å²) in [6.45, 7) is -0.135. The van der Waals surface area contributed by atoms with E-state index in [0.29, 0.717) is 16.4 Å². The van der Waals surface area contributed by atoms with Crippen LogP contribution in [0.15, 0.2) is 60.7 Å². The Morgan fingerprint density at radius 1 is 1.03 bits per heavy atom. The van der Waals surface area contributed by atoms with Gasteiger partial charge in [-0.05, 0) is 23.6 Å². The highest BCUT2D eigenvalue weighted by molar-refractivity contribution is 7.22. The van der Waals surface area contributed by atoms with Crippen molar-refractivity contribution in [3.8, 4) is 5.75 Å². The van der Waals surface area contributed by atoms with Crippen LogP contribution in [0, 0.1) is 0 Å². The van der Waals surface area contributed by atoms with Crippen LogP contribution >= 0.6 is 11.3 Å². The van der Waals surface area contributed by atoms with Crippen molar-refractivity contribution in [1.82, 2.24) is 9.88 Å². The van der Waals surface area contributed by atoms with Crippen LogP contribution in [0.2, 0.25) is 0 Å². The predicted molar refractivity (Wildman–Crippen MR) is 116 cm³/mol. The Morgan fingerprint density at radius 3 is 2.62 bits per heavy atom. The van der Waals surface area contributed by atoms with E-state index < -0.39 is 0 Å². The number of nitrogens with one attached hydrogen (secondary N) is 1. The maximum absolute atomic E-state index is 12.8. The predicted octanol–water partition coefficient (Wildman–Crippen LogP) is 4.17. The second-order valence-corrected chi connectivity index (χ2v) is 7.71. The molecule has 0 aliphatic carbocycles. The Bertz CT molecular complexity index is 1220. The molecule has 0 bridgehead atoms. The molecule has 0 fully saturated rings. The number of benzene rings is 3. The maximum Gasteiger partial charge on any atom is 0.261 e. The zero-order valence-electron chi connectivity index (χ0n) is 16.0. The molecule has 0 atom stereocenters. The van der Waals surface area contributed by atoms with E-state index in [1.807, 2.05) is 36.4 Å². The molecule has 1 heterocycles. The Hall–Kier alpha value is -3.45. The Morgan fingerprint density at radius 2 is 1.79 bits per heavy atom. The lowest BCUT2D eigenvalue weighted by Crippen LogP contribution is -2.28. The molecular formula is C22H19N3O3S. The van der Waals surface area contributed by atoms with E-state index in [-0.39, 0.29) is 18.4 Å². The van der Waals surface area contributed by atoms with Gasteiger partial charge in [0.25, 0.3) is 11.8 Å². The molecule has 0 saturated heterocycles. The molecular weight excluding hydrogens is 386 g/mol. The van der Waals surface area contributed by atoms with Crippen LogP contribution in [0.1, 0.15) is 10.4 Å². The lowest BCUT2D eigenvalue weighted by Gasteiger charge is -2.13. The van der Waals surface area contributed by atoms with Gasteiger partial charge in [-0.25, -0.2) is 4.98 Å². The summed E-state index contributed by atoms with van der Waals surface area (Å²) in [6.07, 6.45) is 0. The van der Waals surface area contributed by atoms with Gasteiger partial charge in [-0.2, -0.15) is 0 Å². The highest BCUT2D eigenvalue weighted by atomic mass is 32.1. The van der Waals surface area contributed by atoms with Gasteiger partial charge in [0.1, 0.15) is 5.75 Å². The third kappa shape index (κ3) is 3.90. The second-order valence-electron chi connectivity index (χ2n) is 6.68. The summed E-state index contributed by atoms with van der Waals surface area (Å²) < 4.78 is 6.57. The molecule has 146 valence electrons. The maximum atomic E-state index is 12.8. The largest absolute Gasteiger partial charge is 0.483 e. The minimum Gasteiger partial charge on any atom is -0.483 e. The average molecular weight is 405 g/mol. The second kappa shape index (κ2) is 7.89. The van der Waals surface area contributed by atoms with Crippen LogP contribution in [-0.2, 0) is 4.79 Å². The minimum atomic E-state index is -0.332. The number of hydrogen-bond donors (Lipinski definition) is 1. The van der Waals surface area contributed by atoms with Crippen LogP contribution in [0.25, 0.3) is 21.0 Å². The van der Waals surface area contributed by atoms with Gasteiger partial charge < -0.3 is 9.64 Å². The van der Waals surface area contributed by atoms with Crippen LogP contribution < -0.4 is 10.1 Å². The number of carbonyl (C=O) groups is 2. The van der Waals surface area contributed by atoms with Gasteiger partial charge >= 0.3 is 0 Å². The van der Waals surface area contributed by atoms with E-state index in [9.17, 15) is 9.59 Å². The van der Waals surface area contributed by atoms with E-state index in [2.05, 4.69) is 10.3 Å². The zero-order chi connectivity index (χ0) is 20.4. The number of thiazole rings is 1. The molecule has 0 saturated carbocycles. The van der Waals surface area contributed by atoms with Crippen molar-refractivity contribution in [3.63, 3.8) is 0 Å². The summed E-state index contributed by atoms with van der Waals surface area (Å²) in [5.74, 6) is -0.161. The normalized spacial score (nSPS) is 10.8. The average Bonchev–Trinajstić information content (AvgIpc) is 3.15. The van der Waals surface area contributed by atoms with Gasteiger partial charge in [0, 0.05) is 19.5 Å². The Kier molecular flexibility index (Phi) is 5.14. The number of amides is 2. The summed E-state index contributed by atoms with van der Waals surface area (Å²) >= 11 is 1.42. The van der Waals surface area contributed by atoms with Crippen molar-refractivity contribution in [2.45, 2.75) is 0 Å². The highest BCUT2D eigenvalue weighted by Gasteiger charge is 2.16. The molecule has 7 heteroatoms. The van der Waals surface area contributed by atoms with E-state index in [4.69, 9.17) is 4.74 Å². The third-order valence-corrected chi connectivity index (χ3v) is 5.42. The SMILES string of the molecule is CN(C)C(=O)COc1ccccc1C(=O)Nc1nc2c(ccc3ccccc32)s1. The van der Waals surface area contributed by atoms with Gasteiger partial charge in [-0.1, -0.05) is 53.8 Å². The number of para-hydroxylation sites is 1. The number of aromatic nitrogens is 1. The molecule has 1 aromatic heterocycles. The lowest BCUT2D eigenvalue weighted by molar-refractivity contribution is -0.130. The van der Waals surface area contributed by atoms with Crippen LogP contribution in [0.3, 0.4) is 0 Å². The molecule has 0 unspecified atom stereocenters.